The van der Waals surface area contributed by atoms with E-state index in [4.69, 9.17) is 4.74 Å². The molecule has 1 N–H and O–H groups in total. The zero-order valence-corrected chi connectivity index (χ0v) is 16.3. The lowest BCUT2D eigenvalue weighted by molar-refractivity contribution is -0.107. The topological polar surface area (TPSA) is 66.8 Å². The quantitative estimate of drug-likeness (QED) is 0.357. The predicted molar refractivity (Wildman–Crippen MR) is 111 cm³/mol. The number of carbonyl (C=O) groups excluding carboxylic acids is 1. The van der Waals surface area contributed by atoms with E-state index in [0.717, 1.165) is 50.4 Å². The predicted octanol–water partition coefficient (Wildman–Crippen LogP) is 5.68. The number of hydrogen-bond donors (Lipinski definition) is 1. The van der Waals surface area contributed by atoms with Gasteiger partial charge in [-0.25, -0.2) is 4.79 Å². The molecule has 0 aromatic heterocycles. The number of anilines is 1. The monoisotopic (exact) mass is 383 g/mol. The molecule has 0 aliphatic heterocycles. The van der Waals surface area contributed by atoms with Gasteiger partial charge in [0.05, 0.1) is 18.8 Å². The summed E-state index contributed by atoms with van der Waals surface area (Å²) in [5.41, 5.74) is 1.54. The van der Waals surface area contributed by atoms with Gasteiger partial charge in [-0.3, -0.25) is 4.90 Å². The molecule has 0 fully saturated rings. The minimum absolute atomic E-state index is 0.295. The fraction of sp³-hybridized carbons (Fsp3) is 0.391. The average Bonchev–Trinajstić information content (AvgIpc) is 2.71. The van der Waals surface area contributed by atoms with Crippen molar-refractivity contribution < 1.29 is 19.4 Å². The molecule has 1 amide bonds. The third kappa shape index (κ3) is 7.82. The van der Waals surface area contributed by atoms with Crippen LogP contribution in [-0.2, 0) is 11.3 Å². The van der Waals surface area contributed by atoms with Crippen molar-refractivity contribution in [3.05, 3.63) is 60.2 Å². The maximum Gasteiger partial charge on any atom is 0.412 e. The number of carboxylic acid groups (broad SMARTS) is 1. The molecule has 28 heavy (non-hydrogen) atoms. The van der Waals surface area contributed by atoms with Crippen molar-refractivity contribution in [2.45, 2.75) is 51.5 Å². The van der Waals surface area contributed by atoms with Gasteiger partial charge in [-0.05, 0) is 30.5 Å². The lowest BCUT2D eigenvalue weighted by atomic mass is 10.1. The Balaban J connectivity index is 1.80. The summed E-state index contributed by atoms with van der Waals surface area (Å²) in [6.45, 7) is 0.910. The van der Waals surface area contributed by atoms with Crippen LogP contribution in [0.25, 0.3) is 0 Å². The molecule has 5 heteroatoms. The number of unbranched alkanes of at least 4 members (excludes halogenated alkanes) is 6. The molecule has 0 saturated heterocycles. The molecule has 2 aromatic carbocycles. The van der Waals surface area contributed by atoms with Crippen LogP contribution in [-0.4, -0.2) is 24.1 Å². The molecule has 0 radical (unpaired) electrons. The van der Waals surface area contributed by atoms with Gasteiger partial charge in [-0.1, -0.05) is 62.1 Å². The second-order valence-corrected chi connectivity index (χ2v) is 6.78. The molecule has 0 aliphatic rings. The summed E-state index contributed by atoms with van der Waals surface area (Å²) < 4.78 is 5.81. The van der Waals surface area contributed by atoms with Crippen LogP contribution in [0.1, 0.15) is 50.5 Å². The third-order valence-corrected chi connectivity index (χ3v) is 4.53. The van der Waals surface area contributed by atoms with Crippen LogP contribution in [0.3, 0.4) is 0 Å². The van der Waals surface area contributed by atoms with E-state index in [1.54, 1.807) is 12.1 Å². The lowest BCUT2D eigenvalue weighted by Gasteiger charge is -2.20. The van der Waals surface area contributed by atoms with Crippen LogP contribution in [0.2, 0.25) is 0 Å². The second kappa shape index (κ2) is 12.5. The fourth-order valence-corrected chi connectivity index (χ4v) is 3.00. The van der Waals surface area contributed by atoms with Gasteiger partial charge in [0.25, 0.3) is 0 Å². The first-order valence-corrected chi connectivity index (χ1v) is 9.91. The number of rotatable bonds is 13. The summed E-state index contributed by atoms with van der Waals surface area (Å²) in [4.78, 5) is 23.3. The van der Waals surface area contributed by atoms with Crippen LogP contribution < -0.4 is 9.64 Å². The van der Waals surface area contributed by atoms with Crippen LogP contribution >= 0.6 is 0 Å². The normalized spacial score (nSPS) is 10.4. The molecule has 0 aliphatic carbocycles. The van der Waals surface area contributed by atoms with Gasteiger partial charge in [0, 0.05) is 12.5 Å². The van der Waals surface area contributed by atoms with E-state index in [2.05, 4.69) is 0 Å². The van der Waals surface area contributed by atoms with E-state index < -0.39 is 6.09 Å². The SMILES string of the molecule is O=CCCCCCCCCOc1cccc(N(Cc2ccccc2)C(=O)O)c1. The highest BCUT2D eigenvalue weighted by Gasteiger charge is 2.15. The zero-order valence-electron chi connectivity index (χ0n) is 16.3. The number of aldehydes is 1. The minimum atomic E-state index is -0.990. The van der Waals surface area contributed by atoms with Crippen LogP contribution in [0.4, 0.5) is 10.5 Å². The number of carbonyl (C=O) groups is 2. The first-order valence-electron chi connectivity index (χ1n) is 9.91. The fourth-order valence-electron chi connectivity index (χ4n) is 3.00. The summed E-state index contributed by atoms with van der Waals surface area (Å²) in [6, 6.07) is 16.8. The number of benzene rings is 2. The summed E-state index contributed by atoms with van der Waals surface area (Å²) in [5, 5.41) is 9.60. The molecule has 0 unspecified atom stereocenters. The smallest absolute Gasteiger partial charge is 0.412 e. The van der Waals surface area contributed by atoms with Gasteiger partial charge in [0.2, 0.25) is 0 Å². The molecule has 0 spiro atoms. The molecule has 5 nitrogen and oxygen atoms in total. The largest absolute Gasteiger partial charge is 0.494 e. The number of hydrogen-bond acceptors (Lipinski definition) is 3. The molecule has 0 atom stereocenters. The van der Waals surface area contributed by atoms with Crippen LogP contribution in [0.5, 0.6) is 5.75 Å². The van der Waals surface area contributed by atoms with Gasteiger partial charge in [-0.2, -0.15) is 0 Å². The minimum Gasteiger partial charge on any atom is -0.494 e. The molecule has 2 rings (SSSR count). The van der Waals surface area contributed by atoms with Gasteiger partial charge < -0.3 is 14.6 Å². The second-order valence-electron chi connectivity index (χ2n) is 6.78. The summed E-state index contributed by atoms with van der Waals surface area (Å²) in [6.07, 6.45) is 7.09. The van der Waals surface area contributed by atoms with Crippen molar-refractivity contribution in [3.63, 3.8) is 0 Å². The van der Waals surface area contributed by atoms with Crippen molar-refractivity contribution >= 4 is 18.1 Å². The molecule has 2 aromatic rings. The van der Waals surface area contributed by atoms with Gasteiger partial charge in [0.15, 0.2) is 0 Å². The Morgan fingerprint density at radius 3 is 2.36 bits per heavy atom. The number of ether oxygens (including phenoxy) is 1. The highest BCUT2D eigenvalue weighted by molar-refractivity contribution is 5.86. The highest BCUT2D eigenvalue weighted by Crippen LogP contribution is 2.23. The molecule has 0 saturated carbocycles. The van der Waals surface area contributed by atoms with Crippen molar-refractivity contribution in [2.24, 2.45) is 0 Å². The molecule has 0 bridgehead atoms. The highest BCUT2D eigenvalue weighted by atomic mass is 16.5. The van der Waals surface area contributed by atoms with Crippen molar-refractivity contribution in [2.75, 3.05) is 11.5 Å². The van der Waals surface area contributed by atoms with E-state index in [-0.39, 0.29) is 0 Å². The summed E-state index contributed by atoms with van der Waals surface area (Å²) in [7, 11) is 0. The molecular formula is C23H29NO4. The Hall–Kier alpha value is -2.82. The number of amides is 1. The van der Waals surface area contributed by atoms with E-state index >= 15 is 0 Å². The first kappa shape index (κ1) is 21.5. The van der Waals surface area contributed by atoms with Crippen molar-refractivity contribution in [1.29, 1.82) is 0 Å². The van der Waals surface area contributed by atoms with Crippen LogP contribution in [0.15, 0.2) is 54.6 Å². The standard InChI is InChI=1S/C23H29NO4/c25-16-9-4-2-1-3-5-10-17-28-22-15-11-14-21(18-22)24(23(26)27)19-20-12-7-6-8-13-20/h6-8,11-16,18H,1-5,9-10,17,19H2,(H,26,27). The molecule has 0 heterocycles. The summed E-state index contributed by atoms with van der Waals surface area (Å²) in [5.74, 6) is 0.683. The Kier molecular flexibility index (Phi) is 9.62. The van der Waals surface area contributed by atoms with Gasteiger partial charge >= 0.3 is 6.09 Å². The number of nitrogens with zero attached hydrogens (tertiary/aromatic N) is 1. The molecule has 150 valence electrons. The Labute approximate surface area is 166 Å². The van der Waals surface area contributed by atoms with E-state index in [9.17, 15) is 14.7 Å². The molecular weight excluding hydrogens is 354 g/mol. The third-order valence-electron chi connectivity index (χ3n) is 4.53. The van der Waals surface area contributed by atoms with Crippen LogP contribution in [0, 0.1) is 0 Å². The zero-order chi connectivity index (χ0) is 20.0. The lowest BCUT2D eigenvalue weighted by Crippen LogP contribution is -2.28. The van der Waals surface area contributed by atoms with Crippen molar-refractivity contribution in [1.82, 2.24) is 0 Å². The summed E-state index contributed by atoms with van der Waals surface area (Å²) >= 11 is 0. The maximum absolute atomic E-state index is 11.7. The average molecular weight is 383 g/mol. The van der Waals surface area contributed by atoms with E-state index in [1.165, 1.54) is 4.90 Å². The first-order chi connectivity index (χ1) is 13.7. The van der Waals surface area contributed by atoms with E-state index in [0.29, 0.717) is 31.0 Å². The van der Waals surface area contributed by atoms with Gasteiger partial charge in [-0.15, -0.1) is 0 Å². The Morgan fingerprint density at radius 1 is 0.929 bits per heavy atom. The Morgan fingerprint density at radius 2 is 1.64 bits per heavy atom. The maximum atomic E-state index is 11.7. The van der Waals surface area contributed by atoms with E-state index in [1.807, 2.05) is 42.5 Å². The van der Waals surface area contributed by atoms with Crippen molar-refractivity contribution in [3.8, 4) is 5.75 Å². The Bertz CT molecular complexity index is 718. The van der Waals surface area contributed by atoms with Gasteiger partial charge in [0.1, 0.15) is 12.0 Å².